The Kier molecular flexibility index (Phi) is 4.59. The van der Waals surface area contributed by atoms with Crippen molar-refractivity contribution in [2.75, 3.05) is 7.05 Å². The first kappa shape index (κ1) is 13.3. The summed E-state index contributed by atoms with van der Waals surface area (Å²) in [5.74, 6) is 0. The summed E-state index contributed by atoms with van der Waals surface area (Å²) < 4.78 is 0. The first-order chi connectivity index (χ1) is 8.69. The van der Waals surface area contributed by atoms with Crippen molar-refractivity contribution in [2.24, 2.45) is 0 Å². The van der Waals surface area contributed by atoms with Crippen molar-refractivity contribution in [2.45, 2.75) is 12.5 Å². The van der Waals surface area contributed by atoms with Gasteiger partial charge in [-0.15, -0.1) is 0 Å². The van der Waals surface area contributed by atoms with Gasteiger partial charge in [0, 0.05) is 28.5 Å². The molecular weight excluding hydrogens is 267 g/mol. The molecule has 1 aromatic carbocycles. The maximum Gasteiger partial charge on any atom is 0.0424 e. The quantitative estimate of drug-likeness (QED) is 0.919. The topological polar surface area (TPSA) is 24.9 Å². The van der Waals surface area contributed by atoms with E-state index in [1.54, 1.807) is 12.3 Å². The lowest BCUT2D eigenvalue weighted by Gasteiger charge is -2.17. The molecule has 1 heterocycles. The number of halogens is 2. The molecule has 1 N–H and O–H groups in total. The van der Waals surface area contributed by atoms with Crippen LogP contribution in [-0.2, 0) is 6.42 Å². The van der Waals surface area contributed by atoms with Gasteiger partial charge < -0.3 is 5.32 Å². The van der Waals surface area contributed by atoms with Crippen molar-refractivity contribution in [1.82, 2.24) is 10.3 Å². The number of hydrogen-bond acceptors (Lipinski definition) is 2. The van der Waals surface area contributed by atoms with Crippen LogP contribution in [0.15, 0.2) is 42.7 Å². The average molecular weight is 281 g/mol. The standard InChI is InChI=1S/C14H14Cl2N2/c1-17-14(5-10-3-2-4-18-9-10)11-6-12(15)8-13(16)7-11/h2-4,6-9,14,17H,5H2,1H3. The molecule has 18 heavy (non-hydrogen) atoms. The molecule has 2 rings (SSSR count). The monoisotopic (exact) mass is 280 g/mol. The molecule has 0 fully saturated rings. The van der Waals surface area contributed by atoms with Crippen molar-refractivity contribution < 1.29 is 0 Å². The van der Waals surface area contributed by atoms with Crippen LogP contribution >= 0.6 is 23.2 Å². The summed E-state index contributed by atoms with van der Waals surface area (Å²) >= 11 is 12.1. The maximum absolute atomic E-state index is 6.03. The highest BCUT2D eigenvalue weighted by Crippen LogP contribution is 2.25. The third-order valence-electron chi connectivity index (χ3n) is 2.80. The van der Waals surface area contributed by atoms with E-state index in [0.29, 0.717) is 10.0 Å². The van der Waals surface area contributed by atoms with Crippen molar-refractivity contribution >= 4 is 23.2 Å². The number of pyridine rings is 1. The summed E-state index contributed by atoms with van der Waals surface area (Å²) in [6.45, 7) is 0. The Morgan fingerprint density at radius 3 is 2.50 bits per heavy atom. The van der Waals surface area contributed by atoms with E-state index in [1.807, 2.05) is 31.4 Å². The Balaban J connectivity index is 2.23. The SMILES string of the molecule is CNC(Cc1cccnc1)c1cc(Cl)cc(Cl)c1. The van der Waals surface area contributed by atoms with Crippen LogP contribution in [0.4, 0.5) is 0 Å². The fraction of sp³-hybridized carbons (Fsp3) is 0.214. The molecule has 0 spiro atoms. The van der Waals surface area contributed by atoms with Crippen LogP contribution in [0.3, 0.4) is 0 Å². The minimum atomic E-state index is 0.172. The summed E-state index contributed by atoms with van der Waals surface area (Å²) in [4.78, 5) is 4.12. The first-order valence-corrected chi connectivity index (χ1v) is 6.47. The minimum absolute atomic E-state index is 0.172. The highest BCUT2D eigenvalue weighted by atomic mass is 35.5. The Bertz CT molecular complexity index is 494. The maximum atomic E-state index is 6.03. The molecule has 4 heteroatoms. The van der Waals surface area contributed by atoms with E-state index in [0.717, 1.165) is 12.0 Å². The van der Waals surface area contributed by atoms with Crippen molar-refractivity contribution in [3.63, 3.8) is 0 Å². The van der Waals surface area contributed by atoms with Gasteiger partial charge in [0.2, 0.25) is 0 Å². The molecule has 0 aliphatic rings. The van der Waals surface area contributed by atoms with Crippen molar-refractivity contribution in [1.29, 1.82) is 0 Å². The molecule has 0 amide bonds. The predicted octanol–water partition coefficient (Wildman–Crippen LogP) is 3.89. The lowest BCUT2D eigenvalue weighted by molar-refractivity contribution is 0.591. The van der Waals surface area contributed by atoms with Crippen LogP contribution in [0, 0.1) is 0 Å². The summed E-state index contributed by atoms with van der Waals surface area (Å²) in [5.41, 5.74) is 2.26. The van der Waals surface area contributed by atoms with Gasteiger partial charge in [-0.1, -0.05) is 29.3 Å². The van der Waals surface area contributed by atoms with E-state index < -0.39 is 0 Å². The Labute approximate surface area is 117 Å². The zero-order chi connectivity index (χ0) is 13.0. The molecule has 0 saturated heterocycles. The molecule has 2 nitrogen and oxygen atoms in total. The number of hydrogen-bond donors (Lipinski definition) is 1. The van der Waals surface area contributed by atoms with Gasteiger partial charge in [-0.05, 0) is 48.9 Å². The summed E-state index contributed by atoms with van der Waals surface area (Å²) in [6.07, 6.45) is 4.49. The molecule has 0 aliphatic carbocycles. The lowest BCUT2D eigenvalue weighted by atomic mass is 10.00. The van der Waals surface area contributed by atoms with Crippen molar-refractivity contribution in [3.05, 3.63) is 63.9 Å². The summed E-state index contributed by atoms with van der Waals surface area (Å²) in [5, 5.41) is 4.59. The lowest BCUT2D eigenvalue weighted by Crippen LogP contribution is -2.18. The van der Waals surface area contributed by atoms with Crippen LogP contribution in [-0.4, -0.2) is 12.0 Å². The second kappa shape index (κ2) is 6.19. The van der Waals surface area contributed by atoms with Crippen LogP contribution < -0.4 is 5.32 Å². The second-order valence-corrected chi connectivity index (χ2v) is 4.98. The number of rotatable bonds is 4. The van der Waals surface area contributed by atoms with Crippen LogP contribution in [0.5, 0.6) is 0 Å². The normalized spacial score (nSPS) is 12.4. The Morgan fingerprint density at radius 2 is 1.94 bits per heavy atom. The van der Waals surface area contributed by atoms with E-state index >= 15 is 0 Å². The van der Waals surface area contributed by atoms with Gasteiger partial charge in [0.15, 0.2) is 0 Å². The van der Waals surface area contributed by atoms with Crippen LogP contribution in [0.25, 0.3) is 0 Å². The number of nitrogens with zero attached hydrogens (tertiary/aromatic N) is 1. The molecule has 1 unspecified atom stereocenters. The molecule has 94 valence electrons. The Morgan fingerprint density at radius 1 is 1.22 bits per heavy atom. The molecular formula is C14H14Cl2N2. The van der Waals surface area contributed by atoms with Gasteiger partial charge in [0.1, 0.15) is 0 Å². The summed E-state index contributed by atoms with van der Waals surface area (Å²) in [7, 11) is 1.93. The average Bonchev–Trinajstić information content (AvgIpc) is 2.36. The largest absolute Gasteiger partial charge is 0.313 e. The molecule has 0 saturated carbocycles. The van der Waals surface area contributed by atoms with E-state index in [4.69, 9.17) is 23.2 Å². The third-order valence-corrected chi connectivity index (χ3v) is 3.23. The minimum Gasteiger partial charge on any atom is -0.313 e. The first-order valence-electron chi connectivity index (χ1n) is 5.71. The van der Waals surface area contributed by atoms with Gasteiger partial charge >= 0.3 is 0 Å². The second-order valence-electron chi connectivity index (χ2n) is 4.11. The van der Waals surface area contributed by atoms with Crippen molar-refractivity contribution in [3.8, 4) is 0 Å². The zero-order valence-electron chi connectivity index (χ0n) is 10.0. The molecule has 0 radical (unpaired) electrons. The van der Waals surface area contributed by atoms with E-state index in [2.05, 4.69) is 16.4 Å². The van der Waals surface area contributed by atoms with E-state index in [1.165, 1.54) is 5.56 Å². The fourth-order valence-electron chi connectivity index (χ4n) is 1.92. The number of likely N-dealkylation sites (N-methyl/N-ethyl adjacent to an activating group) is 1. The number of aromatic nitrogens is 1. The van der Waals surface area contributed by atoms with E-state index in [9.17, 15) is 0 Å². The van der Waals surface area contributed by atoms with Crippen LogP contribution in [0.1, 0.15) is 17.2 Å². The van der Waals surface area contributed by atoms with Crippen LogP contribution in [0.2, 0.25) is 10.0 Å². The van der Waals surface area contributed by atoms with Gasteiger partial charge in [-0.3, -0.25) is 4.98 Å². The third kappa shape index (κ3) is 3.45. The highest BCUT2D eigenvalue weighted by Gasteiger charge is 2.11. The van der Waals surface area contributed by atoms with Gasteiger partial charge in [-0.2, -0.15) is 0 Å². The summed E-state index contributed by atoms with van der Waals surface area (Å²) in [6, 6.07) is 9.78. The van der Waals surface area contributed by atoms with Gasteiger partial charge in [0.25, 0.3) is 0 Å². The fourth-order valence-corrected chi connectivity index (χ4v) is 2.46. The Hall–Kier alpha value is -1.09. The number of nitrogens with one attached hydrogen (secondary N) is 1. The zero-order valence-corrected chi connectivity index (χ0v) is 11.5. The van der Waals surface area contributed by atoms with Gasteiger partial charge in [0.05, 0.1) is 0 Å². The number of benzene rings is 1. The molecule has 0 aliphatic heterocycles. The smallest absolute Gasteiger partial charge is 0.0424 e. The highest BCUT2D eigenvalue weighted by molar-refractivity contribution is 6.34. The molecule has 1 aromatic heterocycles. The van der Waals surface area contributed by atoms with Gasteiger partial charge in [-0.25, -0.2) is 0 Å². The predicted molar refractivity (Wildman–Crippen MR) is 76.2 cm³/mol. The molecule has 2 aromatic rings. The van der Waals surface area contributed by atoms with E-state index in [-0.39, 0.29) is 6.04 Å². The molecule has 0 bridgehead atoms. The molecule has 1 atom stereocenters.